The van der Waals surface area contributed by atoms with Gasteiger partial charge in [-0.1, -0.05) is 43.3 Å². The Hall–Kier alpha value is -3.19. The van der Waals surface area contributed by atoms with Crippen molar-refractivity contribution >= 4 is 17.3 Å². The minimum absolute atomic E-state index is 0.142. The molecule has 0 unspecified atom stereocenters. The summed E-state index contributed by atoms with van der Waals surface area (Å²) in [5.41, 5.74) is 2.92. The van der Waals surface area contributed by atoms with Gasteiger partial charge < -0.3 is 14.5 Å². The minimum atomic E-state index is -0.441. The van der Waals surface area contributed by atoms with E-state index in [4.69, 9.17) is 4.74 Å². The second kappa shape index (κ2) is 10.2. The molecule has 1 atom stereocenters. The summed E-state index contributed by atoms with van der Waals surface area (Å²) in [6, 6.07) is 16.0. The van der Waals surface area contributed by atoms with Crippen molar-refractivity contribution in [1.29, 1.82) is 0 Å². The molecular formula is C28H34N4O3. The Labute approximate surface area is 206 Å². The molecule has 0 aliphatic carbocycles. The zero-order chi connectivity index (χ0) is 24.3. The van der Waals surface area contributed by atoms with Crippen molar-refractivity contribution in [3.8, 4) is 0 Å². The number of carbonyl (C=O) groups is 2. The van der Waals surface area contributed by atoms with E-state index in [9.17, 15) is 9.59 Å². The lowest BCUT2D eigenvalue weighted by molar-refractivity contribution is -0.147. The van der Waals surface area contributed by atoms with Crippen LogP contribution in [0.5, 0.6) is 0 Å². The first-order valence-corrected chi connectivity index (χ1v) is 12.6. The van der Waals surface area contributed by atoms with Crippen LogP contribution in [-0.4, -0.2) is 70.6 Å². The Kier molecular flexibility index (Phi) is 6.86. The number of benzene rings is 1. The van der Waals surface area contributed by atoms with E-state index in [1.165, 1.54) is 5.56 Å². The molecule has 2 saturated heterocycles. The first-order valence-electron chi connectivity index (χ1n) is 12.6. The van der Waals surface area contributed by atoms with Gasteiger partial charge in [-0.3, -0.25) is 9.59 Å². The molecule has 2 aromatic heterocycles. The first kappa shape index (κ1) is 23.5. The van der Waals surface area contributed by atoms with Crippen LogP contribution >= 0.6 is 0 Å². The Morgan fingerprint density at radius 1 is 1.03 bits per heavy atom. The predicted molar refractivity (Wildman–Crippen MR) is 134 cm³/mol. The van der Waals surface area contributed by atoms with Crippen molar-refractivity contribution in [2.24, 2.45) is 11.3 Å². The van der Waals surface area contributed by atoms with E-state index in [1.807, 2.05) is 69.2 Å². The summed E-state index contributed by atoms with van der Waals surface area (Å²) in [5.74, 6) is 0.576. The van der Waals surface area contributed by atoms with Gasteiger partial charge in [0, 0.05) is 49.9 Å². The number of aromatic nitrogens is 2. The van der Waals surface area contributed by atoms with Gasteiger partial charge in [-0.15, -0.1) is 0 Å². The van der Waals surface area contributed by atoms with Crippen molar-refractivity contribution in [2.45, 2.75) is 32.6 Å². The Balaban J connectivity index is 1.20. The standard InChI is InChI=1S/C28H34N4O3/c1-28(10-14-30(15-11-28)26(33)19-22-6-3-2-4-7-22)27(34)31-16-17-35-21-23(20-31)18-24-8-5-13-32-25(24)9-12-29-32/h2-9,12-13,23H,10-11,14-21H2,1H3/t23-/m0/s1. The highest BCUT2D eigenvalue weighted by Crippen LogP contribution is 2.34. The van der Waals surface area contributed by atoms with Gasteiger partial charge in [0.2, 0.25) is 11.8 Å². The average Bonchev–Trinajstić information content (AvgIpc) is 3.24. The number of amides is 2. The maximum absolute atomic E-state index is 13.7. The van der Waals surface area contributed by atoms with Gasteiger partial charge in [0.1, 0.15) is 0 Å². The van der Waals surface area contributed by atoms with Gasteiger partial charge in [-0.25, -0.2) is 4.52 Å². The van der Waals surface area contributed by atoms with Gasteiger partial charge in [-0.2, -0.15) is 5.10 Å². The topological polar surface area (TPSA) is 67.2 Å². The van der Waals surface area contributed by atoms with Gasteiger partial charge in [0.25, 0.3) is 0 Å². The fourth-order valence-corrected chi connectivity index (χ4v) is 5.41. The Bertz CT molecular complexity index is 1170. The second-order valence-electron chi connectivity index (χ2n) is 10.2. The number of piperidine rings is 1. The molecule has 0 N–H and O–H groups in total. The van der Waals surface area contributed by atoms with Gasteiger partial charge >= 0.3 is 0 Å². The molecule has 0 spiro atoms. The van der Waals surface area contributed by atoms with Crippen LogP contribution in [0.25, 0.3) is 5.52 Å². The van der Waals surface area contributed by atoms with Crippen LogP contribution in [0, 0.1) is 11.3 Å². The molecule has 2 amide bonds. The molecule has 35 heavy (non-hydrogen) atoms. The van der Waals surface area contributed by atoms with Crippen molar-refractivity contribution in [1.82, 2.24) is 19.4 Å². The highest BCUT2D eigenvalue weighted by molar-refractivity contribution is 5.83. The summed E-state index contributed by atoms with van der Waals surface area (Å²) >= 11 is 0. The van der Waals surface area contributed by atoms with E-state index in [0.29, 0.717) is 58.7 Å². The summed E-state index contributed by atoms with van der Waals surface area (Å²) in [6.45, 7) is 5.87. The van der Waals surface area contributed by atoms with Crippen LogP contribution in [0.3, 0.4) is 0 Å². The number of nitrogens with zero attached hydrogens (tertiary/aromatic N) is 4. The number of ether oxygens (including phenoxy) is 1. The predicted octanol–water partition coefficient (Wildman–Crippen LogP) is 3.22. The van der Waals surface area contributed by atoms with Crippen molar-refractivity contribution < 1.29 is 14.3 Å². The number of hydrogen-bond acceptors (Lipinski definition) is 4. The van der Waals surface area contributed by atoms with Crippen LogP contribution in [0.2, 0.25) is 0 Å². The van der Waals surface area contributed by atoms with E-state index >= 15 is 0 Å². The SMILES string of the molecule is CC1(C(=O)N2CCOC[C@@H](Cc3cccn4nccc34)C2)CCN(C(=O)Cc2ccccc2)CC1. The molecule has 7 nitrogen and oxygen atoms in total. The number of carbonyl (C=O) groups excluding carboxylic acids is 2. The van der Waals surface area contributed by atoms with Crippen LogP contribution in [0.1, 0.15) is 30.9 Å². The normalized spacial score (nSPS) is 20.5. The van der Waals surface area contributed by atoms with Crippen molar-refractivity contribution in [3.63, 3.8) is 0 Å². The molecule has 3 aromatic rings. The Morgan fingerprint density at radius 2 is 1.83 bits per heavy atom. The average molecular weight is 475 g/mol. The summed E-state index contributed by atoms with van der Waals surface area (Å²) in [4.78, 5) is 30.4. The van der Waals surface area contributed by atoms with Crippen LogP contribution < -0.4 is 0 Å². The van der Waals surface area contributed by atoms with Gasteiger partial charge in [-0.05, 0) is 42.5 Å². The maximum Gasteiger partial charge on any atom is 0.228 e. The highest BCUT2D eigenvalue weighted by Gasteiger charge is 2.41. The largest absolute Gasteiger partial charge is 0.379 e. The molecule has 0 radical (unpaired) electrons. The van der Waals surface area contributed by atoms with E-state index in [2.05, 4.69) is 18.1 Å². The monoisotopic (exact) mass is 474 g/mol. The van der Waals surface area contributed by atoms with Crippen molar-refractivity contribution in [3.05, 3.63) is 72.1 Å². The molecule has 0 saturated carbocycles. The van der Waals surface area contributed by atoms with E-state index < -0.39 is 5.41 Å². The highest BCUT2D eigenvalue weighted by atomic mass is 16.5. The second-order valence-corrected chi connectivity index (χ2v) is 10.2. The molecule has 2 aliphatic heterocycles. The molecule has 2 aliphatic rings. The summed E-state index contributed by atoms with van der Waals surface area (Å²) < 4.78 is 7.80. The summed E-state index contributed by atoms with van der Waals surface area (Å²) in [6.07, 6.45) is 6.43. The van der Waals surface area contributed by atoms with Crippen molar-refractivity contribution in [2.75, 3.05) is 39.4 Å². The van der Waals surface area contributed by atoms with E-state index in [0.717, 1.165) is 17.5 Å². The molecule has 184 valence electrons. The number of fused-ring (bicyclic) bond motifs is 1. The molecule has 0 bridgehead atoms. The number of likely N-dealkylation sites (tertiary alicyclic amines) is 1. The molecule has 4 heterocycles. The lowest BCUT2D eigenvalue weighted by Gasteiger charge is -2.41. The lowest BCUT2D eigenvalue weighted by atomic mass is 9.78. The summed E-state index contributed by atoms with van der Waals surface area (Å²) in [5, 5.41) is 4.34. The molecule has 7 heteroatoms. The van der Waals surface area contributed by atoms with E-state index in [1.54, 1.807) is 0 Å². The van der Waals surface area contributed by atoms with Crippen LogP contribution in [0.15, 0.2) is 60.9 Å². The summed E-state index contributed by atoms with van der Waals surface area (Å²) in [7, 11) is 0. The maximum atomic E-state index is 13.7. The molecule has 1 aromatic carbocycles. The fraction of sp³-hybridized carbons (Fsp3) is 0.464. The number of hydrogen-bond donors (Lipinski definition) is 0. The van der Waals surface area contributed by atoms with Crippen LogP contribution in [0.4, 0.5) is 0 Å². The lowest BCUT2D eigenvalue weighted by Crippen LogP contribution is -2.51. The third kappa shape index (κ3) is 5.25. The zero-order valence-electron chi connectivity index (χ0n) is 20.4. The fourth-order valence-electron chi connectivity index (χ4n) is 5.41. The minimum Gasteiger partial charge on any atom is -0.379 e. The first-order chi connectivity index (χ1) is 17.0. The quantitative estimate of drug-likeness (QED) is 0.570. The third-order valence-corrected chi connectivity index (χ3v) is 7.59. The molecular weight excluding hydrogens is 440 g/mol. The smallest absolute Gasteiger partial charge is 0.228 e. The number of rotatable bonds is 5. The van der Waals surface area contributed by atoms with E-state index in [-0.39, 0.29) is 17.7 Å². The zero-order valence-corrected chi connectivity index (χ0v) is 20.4. The third-order valence-electron chi connectivity index (χ3n) is 7.59. The molecule has 2 fully saturated rings. The van der Waals surface area contributed by atoms with Gasteiger partial charge in [0.05, 0.1) is 25.2 Å². The number of pyridine rings is 1. The Morgan fingerprint density at radius 3 is 2.63 bits per heavy atom. The van der Waals surface area contributed by atoms with Gasteiger partial charge in [0.15, 0.2) is 0 Å². The molecule has 5 rings (SSSR count). The van der Waals surface area contributed by atoms with Crippen LogP contribution in [-0.2, 0) is 27.2 Å².